The summed E-state index contributed by atoms with van der Waals surface area (Å²) in [4.78, 5) is 35.4. The fourth-order valence-corrected chi connectivity index (χ4v) is 4.96. The van der Waals surface area contributed by atoms with Gasteiger partial charge in [-0.05, 0) is 60.4 Å². The molecule has 0 aliphatic carbocycles. The van der Waals surface area contributed by atoms with E-state index in [1.54, 1.807) is 6.92 Å². The average Bonchev–Trinajstić information content (AvgIpc) is 3.21. The van der Waals surface area contributed by atoms with E-state index in [0.717, 1.165) is 79.9 Å². The van der Waals surface area contributed by atoms with Gasteiger partial charge < -0.3 is 14.5 Å². The quantitative estimate of drug-likeness (QED) is 0.742. The lowest BCUT2D eigenvalue weighted by atomic mass is 10.0. The number of piperazine rings is 1. The number of aliphatic imine (C=N–C) groups is 1. The summed E-state index contributed by atoms with van der Waals surface area (Å²) in [7, 11) is 0. The number of carbonyl (C=O) groups excluding carboxylic acids is 2. The molecule has 2 aromatic carbocycles. The van der Waals surface area contributed by atoms with E-state index in [1.165, 1.54) is 0 Å². The minimum Gasteiger partial charge on any atom is -0.492 e. The Bertz CT molecular complexity index is 1090. The number of hydrogen-bond donors (Lipinski definition) is 0. The molecule has 2 fully saturated rings. The van der Waals surface area contributed by atoms with Gasteiger partial charge in [-0.15, -0.1) is 0 Å². The summed E-state index contributed by atoms with van der Waals surface area (Å²) in [5.41, 5.74) is 2.49. The van der Waals surface area contributed by atoms with Gasteiger partial charge in [-0.2, -0.15) is 0 Å². The number of amides is 2. The van der Waals surface area contributed by atoms with Gasteiger partial charge in [-0.1, -0.05) is 0 Å². The van der Waals surface area contributed by atoms with E-state index in [9.17, 15) is 9.59 Å². The monoisotopic (exact) mass is 434 g/mol. The highest BCUT2D eigenvalue weighted by atomic mass is 16.5. The number of aryl methyl sites for hydroxylation is 1. The van der Waals surface area contributed by atoms with Crippen LogP contribution in [0.3, 0.4) is 0 Å². The lowest BCUT2D eigenvalue weighted by Gasteiger charge is -2.34. The minimum atomic E-state index is 0.0877. The lowest BCUT2D eigenvalue weighted by molar-refractivity contribution is -0.130. The SMILES string of the molecule is CC(=O)N1CCN(CCOc2cc3cc4c(cc3cc2C)C(=O)N2CCC[C@H]2C=N4)CC1. The van der Waals surface area contributed by atoms with E-state index in [2.05, 4.69) is 22.0 Å². The molecule has 3 heterocycles. The molecule has 0 aromatic heterocycles. The van der Waals surface area contributed by atoms with Crippen molar-refractivity contribution in [1.29, 1.82) is 0 Å². The van der Waals surface area contributed by atoms with Crippen molar-refractivity contribution in [2.45, 2.75) is 32.7 Å². The molecule has 32 heavy (non-hydrogen) atoms. The van der Waals surface area contributed by atoms with Crippen LogP contribution in [0.15, 0.2) is 29.3 Å². The summed E-state index contributed by atoms with van der Waals surface area (Å²) >= 11 is 0. The maximum Gasteiger partial charge on any atom is 0.256 e. The first kappa shape index (κ1) is 20.9. The molecule has 2 amide bonds. The van der Waals surface area contributed by atoms with E-state index in [4.69, 9.17) is 4.74 Å². The van der Waals surface area contributed by atoms with Gasteiger partial charge in [0, 0.05) is 52.4 Å². The number of fused-ring (bicyclic) bond motifs is 3. The molecule has 0 unspecified atom stereocenters. The molecule has 2 saturated heterocycles. The molecular formula is C25H30N4O3. The van der Waals surface area contributed by atoms with E-state index >= 15 is 0 Å². The van der Waals surface area contributed by atoms with Crippen molar-refractivity contribution >= 4 is 34.5 Å². The Hall–Kier alpha value is -2.93. The predicted molar refractivity (Wildman–Crippen MR) is 125 cm³/mol. The van der Waals surface area contributed by atoms with Crippen molar-refractivity contribution in [2.75, 3.05) is 45.9 Å². The van der Waals surface area contributed by atoms with Crippen molar-refractivity contribution in [3.8, 4) is 5.75 Å². The topological polar surface area (TPSA) is 65.5 Å². The summed E-state index contributed by atoms with van der Waals surface area (Å²) in [5.74, 6) is 1.10. The zero-order chi connectivity index (χ0) is 22.2. The van der Waals surface area contributed by atoms with Gasteiger partial charge in [0.2, 0.25) is 5.91 Å². The third-order valence-corrected chi connectivity index (χ3v) is 6.91. The van der Waals surface area contributed by atoms with Crippen molar-refractivity contribution in [3.63, 3.8) is 0 Å². The smallest absolute Gasteiger partial charge is 0.256 e. The van der Waals surface area contributed by atoms with E-state index in [0.29, 0.717) is 12.2 Å². The average molecular weight is 435 g/mol. The van der Waals surface area contributed by atoms with Crippen molar-refractivity contribution in [2.24, 2.45) is 4.99 Å². The van der Waals surface area contributed by atoms with Gasteiger partial charge in [-0.25, -0.2) is 0 Å². The number of nitrogens with zero attached hydrogens (tertiary/aromatic N) is 4. The van der Waals surface area contributed by atoms with Crippen LogP contribution in [0.25, 0.3) is 10.8 Å². The second kappa shape index (κ2) is 8.54. The van der Waals surface area contributed by atoms with Gasteiger partial charge in [0.25, 0.3) is 5.91 Å². The molecule has 3 aliphatic rings. The Labute approximate surface area is 188 Å². The molecule has 0 spiro atoms. The van der Waals surface area contributed by atoms with E-state index < -0.39 is 0 Å². The Balaban J connectivity index is 1.30. The van der Waals surface area contributed by atoms with Crippen LogP contribution in [0.4, 0.5) is 5.69 Å². The summed E-state index contributed by atoms with van der Waals surface area (Å²) < 4.78 is 6.14. The fraction of sp³-hybridized carbons (Fsp3) is 0.480. The molecule has 2 aromatic rings. The second-order valence-corrected chi connectivity index (χ2v) is 9.02. The second-order valence-electron chi connectivity index (χ2n) is 9.02. The zero-order valence-corrected chi connectivity index (χ0v) is 18.8. The zero-order valence-electron chi connectivity index (χ0n) is 18.8. The molecule has 168 valence electrons. The van der Waals surface area contributed by atoms with Crippen molar-refractivity contribution in [3.05, 3.63) is 35.4 Å². The van der Waals surface area contributed by atoms with E-state index in [1.807, 2.05) is 35.1 Å². The summed E-state index contributed by atoms with van der Waals surface area (Å²) in [6.07, 6.45) is 3.96. The van der Waals surface area contributed by atoms with Crippen LogP contribution < -0.4 is 4.74 Å². The Kier molecular flexibility index (Phi) is 5.59. The van der Waals surface area contributed by atoms with Crippen LogP contribution in [0, 0.1) is 6.92 Å². The first-order valence-corrected chi connectivity index (χ1v) is 11.5. The highest BCUT2D eigenvalue weighted by Gasteiger charge is 2.31. The predicted octanol–water partition coefficient (Wildman–Crippen LogP) is 3.01. The van der Waals surface area contributed by atoms with Gasteiger partial charge in [-0.3, -0.25) is 19.5 Å². The number of rotatable bonds is 4. The third kappa shape index (κ3) is 3.97. The molecule has 0 radical (unpaired) electrons. The Morgan fingerprint density at radius 1 is 1.09 bits per heavy atom. The summed E-state index contributed by atoms with van der Waals surface area (Å²) in [6.45, 7) is 9.26. The first-order chi connectivity index (χ1) is 15.5. The first-order valence-electron chi connectivity index (χ1n) is 11.5. The maximum absolute atomic E-state index is 13.1. The molecule has 7 nitrogen and oxygen atoms in total. The minimum absolute atomic E-state index is 0.0877. The Morgan fingerprint density at radius 3 is 2.66 bits per heavy atom. The normalized spacial score (nSPS) is 20.9. The van der Waals surface area contributed by atoms with E-state index in [-0.39, 0.29) is 17.9 Å². The summed E-state index contributed by atoms with van der Waals surface area (Å²) in [6, 6.07) is 8.27. The van der Waals surface area contributed by atoms with Crippen LogP contribution in [0.2, 0.25) is 0 Å². The highest BCUT2D eigenvalue weighted by Crippen LogP contribution is 2.34. The highest BCUT2D eigenvalue weighted by molar-refractivity contribution is 6.06. The van der Waals surface area contributed by atoms with Crippen LogP contribution in [-0.2, 0) is 4.79 Å². The standard InChI is InChI=1S/C25H30N4O3/c1-17-12-19-13-22-23(26-16-21-4-3-5-29(21)25(22)31)14-20(19)15-24(17)32-11-10-27-6-8-28(9-7-27)18(2)30/h12-16,21H,3-11H2,1-2H3/t21-/m0/s1. The Morgan fingerprint density at radius 2 is 1.88 bits per heavy atom. The molecular weight excluding hydrogens is 404 g/mol. The maximum atomic E-state index is 13.1. The van der Waals surface area contributed by atoms with Gasteiger partial charge in [0.1, 0.15) is 12.4 Å². The molecule has 0 bridgehead atoms. The molecule has 5 rings (SSSR count). The van der Waals surface area contributed by atoms with Crippen molar-refractivity contribution in [1.82, 2.24) is 14.7 Å². The van der Waals surface area contributed by atoms with Gasteiger partial charge in [0.15, 0.2) is 0 Å². The number of carbonyl (C=O) groups is 2. The molecule has 7 heteroatoms. The molecule has 0 N–H and O–H groups in total. The number of ether oxygens (including phenoxy) is 1. The fourth-order valence-electron chi connectivity index (χ4n) is 4.96. The molecule has 0 saturated carbocycles. The van der Waals surface area contributed by atoms with Gasteiger partial charge >= 0.3 is 0 Å². The van der Waals surface area contributed by atoms with Crippen LogP contribution >= 0.6 is 0 Å². The molecule has 1 atom stereocenters. The molecule has 3 aliphatic heterocycles. The third-order valence-electron chi connectivity index (χ3n) is 6.91. The van der Waals surface area contributed by atoms with Gasteiger partial charge in [0.05, 0.1) is 17.3 Å². The summed E-state index contributed by atoms with van der Waals surface area (Å²) in [5, 5.41) is 2.07. The number of hydrogen-bond acceptors (Lipinski definition) is 5. The van der Waals surface area contributed by atoms with Crippen LogP contribution in [-0.4, -0.2) is 84.6 Å². The van der Waals surface area contributed by atoms with Crippen LogP contribution in [0.5, 0.6) is 5.75 Å². The van der Waals surface area contributed by atoms with Crippen LogP contribution in [0.1, 0.15) is 35.7 Å². The largest absolute Gasteiger partial charge is 0.492 e. The lowest BCUT2D eigenvalue weighted by Crippen LogP contribution is -2.48. The van der Waals surface area contributed by atoms with Crippen molar-refractivity contribution < 1.29 is 14.3 Å². The number of benzene rings is 2.